The van der Waals surface area contributed by atoms with Crippen LogP contribution in [-0.4, -0.2) is 6.16 Å². The largest absolute Gasteiger partial charge is 0.120 e. The highest BCUT2D eigenvalue weighted by atomic mass is 31.1. The molecule has 0 nitrogen and oxygen atoms in total. The van der Waals surface area contributed by atoms with Gasteiger partial charge in [0.2, 0.25) is 0 Å². The summed E-state index contributed by atoms with van der Waals surface area (Å²) in [5.74, 6) is 6.28. The molecule has 42 valence electrons. The molecule has 0 saturated carbocycles. The molecule has 8 heavy (non-hydrogen) atoms. The van der Waals surface area contributed by atoms with E-state index < -0.39 is 0 Å². The molecule has 0 N–H and O–H groups in total. The number of rotatable bonds is 3. The van der Waals surface area contributed by atoms with Gasteiger partial charge in [0.15, 0.2) is 0 Å². The molecule has 0 aromatic heterocycles. The maximum absolute atomic E-state index is 5.05. The lowest BCUT2D eigenvalue weighted by Crippen LogP contribution is -1.68. The highest BCUT2D eigenvalue weighted by molar-refractivity contribution is 7.64. The maximum atomic E-state index is 5.05. The molecule has 0 unspecified atom stereocenters. The predicted octanol–water partition coefficient (Wildman–Crippen LogP) is 2.39. The maximum Gasteiger partial charge on any atom is 0.0358 e. The van der Waals surface area contributed by atoms with Crippen molar-refractivity contribution in [3.63, 3.8) is 0 Å². The van der Waals surface area contributed by atoms with Crippen molar-refractivity contribution in [2.24, 2.45) is 0 Å². The molecule has 0 aliphatic rings. The first-order chi connectivity index (χ1) is 3.85. The van der Waals surface area contributed by atoms with Gasteiger partial charge < -0.3 is 0 Å². The Labute approximate surface area is 52.0 Å². The van der Waals surface area contributed by atoms with Crippen LogP contribution in [0.15, 0.2) is 24.8 Å². The Hall–Kier alpha value is -0.530. The number of hydrogen-bond donors (Lipinski definition) is 0. The Morgan fingerprint density at radius 3 is 2.12 bits per heavy atom. The van der Waals surface area contributed by atoms with Gasteiger partial charge in [0.1, 0.15) is 0 Å². The summed E-state index contributed by atoms with van der Waals surface area (Å²) in [6.07, 6.45) is 5.83. The van der Waals surface area contributed by atoms with Crippen LogP contribution in [0.2, 0.25) is 0 Å². The molecule has 0 saturated heterocycles. The second-order valence-electron chi connectivity index (χ2n) is 1.24. The average Bonchev–Trinajstić information content (AvgIpc) is 1.83. The SMILES string of the molecule is C#CCP(C=C)C=C. The summed E-state index contributed by atoms with van der Waals surface area (Å²) in [6.45, 7) is 7.22. The second-order valence-corrected chi connectivity index (χ2v) is 3.32. The summed E-state index contributed by atoms with van der Waals surface area (Å²) in [4.78, 5) is 0. The van der Waals surface area contributed by atoms with E-state index in [9.17, 15) is 0 Å². The fraction of sp³-hybridized carbons (Fsp3) is 0.143. The van der Waals surface area contributed by atoms with Crippen LogP contribution in [0.1, 0.15) is 0 Å². The van der Waals surface area contributed by atoms with Crippen molar-refractivity contribution >= 4 is 7.92 Å². The Balaban J connectivity index is 3.56. The zero-order valence-corrected chi connectivity index (χ0v) is 5.70. The standard InChI is InChI=1S/C7H9P/c1-4-7-8(5-2)6-3/h1,5-6H,2-3,7H2. The second kappa shape index (κ2) is 4.62. The smallest absolute Gasteiger partial charge is 0.0358 e. The van der Waals surface area contributed by atoms with E-state index in [2.05, 4.69) is 19.1 Å². The van der Waals surface area contributed by atoms with Crippen LogP contribution >= 0.6 is 7.92 Å². The Bertz CT molecular complexity index is 111. The van der Waals surface area contributed by atoms with Gasteiger partial charge in [-0.05, 0) is 7.92 Å². The van der Waals surface area contributed by atoms with E-state index in [-0.39, 0.29) is 7.92 Å². The first-order valence-electron chi connectivity index (χ1n) is 2.29. The number of terminal acetylenes is 1. The molecule has 0 fully saturated rings. The van der Waals surface area contributed by atoms with Crippen molar-refractivity contribution in [1.82, 2.24) is 0 Å². The topological polar surface area (TPSA) is 0 Å². The molecule has 1 heteroatoms. The summed E-state index contributed by atoms with van der Waals surface area (Å²) >= 11 is 0. The molecular formula is C7H9P. The van der Waals surface area contributed by atoms with E-state index in [1.165, 1.54) is 0 Å². The van der Waals surface area contributed by atoms with Gasteiger partial charge in [-0.2, -0.15) is 0 Å². The van der Waals surface area contributed by atoms with Gasteiger partial charge in [-0.3, -0.25) is 0 Å². The minimum atomic E-state index is -0.265. The van der Waals surface area contributed by atoms with Gasteiger partial charge in [-0.15, -0.1) is 12.3 Å². The first kappa shape index (κ1) is 7.47. The van der Waals surface area contributed by atoms with E-state index in [1.807, 2.05) is 11.6 Å². The molecule has 0 atom stereocenters. The van der Waals surface area contributed by atoms with Gasteiger partial charge in [0, 0.05) is 6.16 Å². The molecule has 0 heterocycles. The summed E-state index contributed by atoms with van der Waals surface area (Å²) in [6, 6.07) is 0. The lowest BCUT2D eigenvalue weighted by atomic mass is 10.8. The van der Waals surface area contributed by atoms with Crippen molar-refractivity contribution in [2.75, 3.05) is 6.16 Å². The third-order valence-corrected chi connectivity index (χ3v) is 2.23. The fourth-order valence-corrected chi connectivity index (χ4v) is 0.927. The third-order valence-electron chi connectivity index (χ3n) is 0.743. The fourth-order valence-electron chi connectivity index (χ4n) is 0.309. The summed E-state index contributed by atoms with van der Waals surface area (Å²) in [5.41, 5.74) is 0. The lowest BCUT2D eigenvalue weighted by Gasteiger charge is -1.97. The average molecular weight is 124 g/mol. The van der Waals surface area contributed by atoms with Gasteiger partial charge in [-0.25, -0.2) is 0 Å². The van der Waals surface area contributed by atoms with Gasteiger partial charge >= 0.3 is 0 Å². The zero-order valence-electron chi connectivity index (χ0n) is 4.80. The molecule has 0 bridgehead atoms. The van der Waals surface area contributed by atoms with Crippen LogP contribution in [0.4, 0.5) is 0 Å². The molecule has 0 aliphatic heterocycles. The van der Waals surface area contributed by atoms with Crippen molar-refractivity contribution in [2.45, 2.75) is 0 Å². The molecule has 0 rings (SSSR count). The normalized spacial score (nSPS) is 8.00. The van der Waals surface area contributed by atoms with Gasteiger partial charge in [-0.1, -0.05) is 24.8 Å². The minimum Gasteiger partial charge on any atom is -0.120 e. The summed E-state index contributed by atoms with van der Waals surface area (Å²) in [5, 5.41) is 0. The quantitative estimate of drug-likeness (QED) is 0.400. The number of hydrogen-bond acceptors (Lipinski definition) is 0. The third kappa shape index (κ3) is 2.61. The highest BCUT2D eigenvalue weighted by Crippen LogP contribution is 2.35. The molecule has 0 amide bonds. The van der Waals surface area contributed by atoms with Crippen LogP contribution in [0.3, 0.4) is 0 Å². The molecule has 0 aromatic carbocycles. The van der Waals surface area contributed by atoms with E-state index in [4.69, 9.17) is 6.42 Å². The molecular weight excluding hydrogens is 115 g/mol. The van der Waals surface area contributed by atoms with Crippen LogP contribution in [0.25, 0.3) is 0 Å². The molecule has 0 spiro atoms. The zero-order chi connectivity index (χ0) is 6.41. The van der Waals surface area contributed by atoms with Gasteiger partial charge in [0.25, 0.3) is 0 Å². The van der Waals surface area contributed by atoms with Crippen LogP contribution < -0.4 is 0 Å². The van der Waals surface area contributed by atoms with Crippen LogP contribution in [0.5, 0.6) is 0 Å². The first-order valence-corrected chi connectivity index (χ1v) is 3.96. The Morgan fingerprint density at radius 1 is 1.50 bits per heavy atom. The van der Waals surface area contributed by atoms with Crippen molar-refractivity contribution in [3.8, 4) is 12.3 Å². The van der Waals surface area contributed by atoms with Gasteiger partial charge in [0.05, 0.1) is 0 Å². The Kier molecular flexibility index (Phi) is 4.32. The lowest BCUT2D eigenvalue weighted by molar-refractivity contribution is 1.91. The highest BCUT2D eigenvalue weighted by Gasteiger charge is 1.89. The summed E-state index contributed by atoms with van der Waals surface area (Å²) in [7, 11) is -0.265. The summed E-state index contributed by atoms with van der Waals surface area (Å²) < 4.78 is 0. The van der Waals surface area contributed by atoms with E-state index in [0.717, 1.165) is 6.16 Å². The predicted molar refractivity (Wildman–Crippen MR) is 41.0 cm³/mol. The minimum absolute atomic E-state index is 0.265. The molecule has 0 aliphatic carbocycles. The Morgan fingerprint density at radius 2 is 2.00 bits per heavy atom. The van der Waals surface area contributed by atoms with Crippen molar-refractivity contribution in [1.29, 1.82) is 0 Å². The molecule has 0 radical (unpaired) electrons. The van der Waals surface area contributed by atoms with Crippen LogP contribution in [-0.2, 0) is 0 Å². The van der Waals surface area contributed by atoms with Crippen molar-refractivity contribution < 1.29 is 0 Å². The monoisotopic (exact) mass is 124 g/mol. The van der Waals surface area contributed by atoms with E-state index in [0.29, 0.717) is 0 Å². The van der Waals surface area contributed by atoms with Crippen LogP contribution in [0, 0.1) is 12.3 Å². The van der Waals surface area contributed by atoms with E-state index in [1.54, 1.807) is 0 Å². The molecule has 0 aromatic rings. The van der Waals surface area contributed by atoms with E-state index >= 15 is 0 Å². The van der Waals surface area contributed by atoms with Crippen molar-refractivity contribution in [3.05, 3.63) is 24.8 Å².